The zero-order chi connectivity index (χ0) is 18.6. The lowest BCUT2D eigenvalue weighted by atomic mass is 9.82. The summed E-state index contributed by atoms with van der Waals surface area (Å²) in [7, 11) is 1.90. The van der Waals surface area contributed by atoms with Crippen molar-refractivity contribution in [2.45, 2.75) is 33.2 Å². The second-order valence-electron chi connectivity index (χ2n) is 7.37. The average molecular weight is 356 g/mol. The number of aryl methyl sites for hydroxylation is 2. The van der Waals surface area contributed by atoms with Gasteiger partial charge in [-0.3, -0.25) is 19.4 Å². The lowest BCUT2D eigenvalue weighted by Gasteiger charge is -2.53. The summed E-state index contributed by atoms with van der Waals surface area (Å²) in [4.78, 5) is 28.3. The molecule has 138 valence electrons. The highest BCUT2D eigenvalue weighted by Gasteiger charge is 2.44. The summed E-state index contributed by atoms with van der Waals surface area (Å²) in [6.45, 7) is 7.68. The van der Waals surface area contributed by atoms with Crippen LogP contribution in [0.1, 0.15) is 35.2 Å². The van der Waals surface area contributed by atoms with E-state index in [1.165, 1.54) is 0 Å². The highest BCUT2D eigenvalue weighted by atomic mass is 16.2. The van der Waals surface area contributed by atoms with Crippen LogP contribution in [-0.4, -0.2) is 67.3 Å². The van der Waals surface area contributed by atoms with Gasteiger partial charge in [0.1, 0.15) is 5.69 Å². The van der Waals surface area contributed by atoms with Gasteiger partial charge in [0.2, 0.25) is 5.91 Å². The topological polar surface area (TPSA) is 87.1 Å². The maximum Gasteiger partial charge on any atom is 0.271 e. The van der Waals surface area contributed by atoms with E-state index in [4.69, 9.17) is 0 Å². The van der Waals surface area contributed by atoms with E-state index in [9.17, 15) is 9.59 Å². The van der Waals surface area contributed by atoms with Crippen molar-refractivity contribution in [3.05, 3.63) is 23.1 Å². The standard InChI is InChI=1S/C18H24N6O2/c1-10-17(11(2)22(4)21-10)14-7-15(20-19-14)18(26)23-6-5-13-8-24(12(3)25)16(13)9-23/h7,13,16H,5-6,8-9H2,1-4H3,(H,19,20)/t13-,16-/m0/s1. The number of amides is 2. The number of carbonyl (C=O) groups is 2. The Morgan fingerprint density at radius 1 is 1.27 bits per heavy atom. The summed E-state index contributed by atoms with van der Waals surface area (Å²) in [5.74, 6) is 0.560. The molecule has 0 aromatic carbocycles. The van der Waals surface area contributed by atoms with Crippen molar-refractivity contribution in [2.75, 3.05) is 19.6 Å². The lowest BCUT2D eigenvalue weighted by Crippen LogP contribution is -2.65. The average Bonchev–Trinajstić information content (AvgIpc) is 3.13. The first kappa shape index (κ1) is 16.8. The normalized spacial score (nSPS) is 22.2. The molecule has 2 fully saturated rings. The van der Waals surface area contributed by atoms with Crippen molar-refractivity contribution < 1.29 is 9.59 Å². The Hall–Kier alpha value is -2.64. The fourth-order valence-corrected chi connectivity index (χ4v) is 4.22. The van der Waals surface area contributed by atoms with Gasteiger partial charge in [0.05, 0.1) is 17.4 Å². The van der Waals surface area contributed by atoms with Crippen molar-refractivity contribution in [3.8, 4) is 11.3 Å². The minimum absolute atomic E-state index is 0.0585. The zero-order valence-electron chi connectivity index (χ0n) is 15.6. The van der Waals surface area contributed by atoms with Crippen LogP contribution < -0.4 is 0 Å². The predicted octanol–water partition coefficient (Wildman–Crippen LogP) is 1.12. The van der Waals surface area contributed by atoms with Crippen LogP contribution in [-0.2, 0) is 11.8 Å². The first-order valence-corrected chi connectivity index (χ1v) is 8.99. The van der Waals surface area contributed by atoms with Crippen LogP contribution in [0.2, 0.25) is 0 Å². The molecule has 2 aliphatic heterocycles. The molecule has 2 aromatic rings. The summed E-state index contributed by atoms with van der Waals surface area (Å²) in [6, 6.07) is 1.96. The number of aromatic amines is 1. The van der Waals surface area contributed by atoms with Gasteiger partial charge in [0.15, 0.2) is 0 Å². The van der Waals surface area contributed by atoms with Crippen LogP contribution >= 0.6 is 0 Å². The molecule has 4 heterocycles. The molecule has 2 aromatic heterocycles. The third-order valence-corrected chi connectivity index (χ3v) is 5.82. The molecule has 26 heavy (non-hydrogen) atoms. The molecule has 0 radical (unpaired) electrons. The molecule has 8 heteroatoms. The van der Waals surface area contributed by atoms with Gasteiger partial charge in [-0.05, 0) is 26.3 Å². The Morgan fingerprint density at radius 2 is 2.04 bits per heavy atom. The molecular formula is C18H24N6O2. The number of likely N-dealkylation sites (tertiary alicyclic amines) is 2. The first-order chi connectivity index (χ1) is 12.4. The van der Waals surface area contributed by atoms with Crippen LogP contribution in [0.3, 0.4) is 0 Å². The van der Waals surface area contributed by atoms with Gasteiger partial charge in [-0.1, -0.05) is 0 Å². The Morgan fingerprint density at radius 3 is 2.69 bits per heavy atom. The summed E-state index contributed by atoms with van der Waals surface area (Å²) in [5.41, 5.74) is 4.08. The van der Waals surface area contributed by atoms with Crippen molar-refractivity contribution in [2.24, 2.45) is 13.0 Å². The second kappa shape index (κ2) is 5.96. The van der Waals surface area contributed by atoms with E-state index in [0.717, 1.165) is 42.2 Å². The maximum atomic E-state index is 12.9. The van der Waals surface area contributed by atoms with Crippen LogP contribution in [0.15, 0.2) is 6.07 Å². The molecule has 0 saturated carbocycles. The highest BCUT2D eigenvalue weighted by molar-refractivity contribution is 5.93. The predicted molar refractivity (Wildman–Crippen MR) is 95.4 cm³/mol. The van der Waals surface area contributed by atoms with E-state index >= 15 is 0 Å². The number of H-pyrrole nitrogens is 1. The van der Waals surface area contributed by atoms with Gasteiger partial charge in [-0.15, -0.1) is 0 Å². The molecule has 1 N–H and O–H groups in total. The third kappa shape index (κ3) is 2.51. The summed E-state index contributed by atoms with van der Waals surface area (Å²) in [6.07, 6.45) is 0.946. The van der Waals surface area contributed by atoms with Gasteiger partial charge >= 0.3 is 0 Å². The molecule has 2 atom stereocenters. The number of hydrogen-bond donors (Lipinski definition) is 1. The second-order valence-corrected chi connectivity index (χ2v) is 7.37. The van der Waals surface area contributed by atoms with E-state index in [2.05, 4.69) is 15.3 Å². The zero-order valence-corrected chi connectivity index (χ0v) is 15.6. The minimum atomic E-state index is -0.0585. The van der Waals surface area contributed by atoms with Gasteiger partial charge in [0, 0.05) is 50.8 Å². The Balaban J connectivity index is 1.53. The Labute approximate surface area is 152 Å². The quantitative estimate of drug-likeness (QED) is 0.873. The number of carbonyl (C=O) groups excluding carboxylic acids is 2. The molecule has 2 amide bonds. The number of nitrogens with zero attached hydrogens (tertiary/aromatic N) is 5. The highest BCUT2D eigenvalue weighted by Crippen LogP contribution is 2.33. The molecule has 2 saturated heterocycles. The first-order valence-electron chi connectivity index (χ1n) is 8.99. The number of rotatable bonds is 2. The SMILES string of the molecule is CC(=O)N1C[C@@H]2CCN(C(=O)c3cc(-c4c(C)nn(C)c4C)n[nH]3)C[C@@H]21. The number of nitrogens with one attached hydrogen (secondary N) is 1. The molecule has 0 spiro atoms. The number of fused-ring (bicyclic) bond motifs is 1. The molecule has 4 rings (SSSR count). The molecule has 0 unspecified atom stereocenters. The molecule has 0 bridgehead atoms. The number of hydrogen-bond acceptors (Lipinski definition) is 4. The summed E-state index contributed by atoms with van der Waals surface area (Å²) in [5, 5.41) is 11.6. The fraction of sp³-hybridized carbons (Fsp3) is 0.556. The van der Waals surface area contributed by atoms with Gasteiger partial charge in [-0.2, -0.15) is 10.2 Å². The summed E-state index contributed by atoms with van der Waals surface area (Å²) < 4.78 is 1.82. The minimum Gasteiger partial charge on any atom is -0.337 e. The molecule has 2 aliphatic rings. The van der Waals surface area contributed by atoms with E-state index in [-0.39, 0.29) is 17.9 Å². The van der Waals surface area contributed by atoms with Crippen LogP contribution in [0.4, 0.5) is 0 Å². The summed E-state index contributed by atoms with van der Waals surface area (Å²) >= 11 is 0. The van der Waals surface area contributed by atoms with Gasteiger partial charge in [0.25, 0.3) is 5.91 Å². The van der Waals surface area contributed by atoms with Crippen LogP contribution in [0, 0.1) is 19.8 Å². The van der Waals surface area contributed by atoms with E-state index in [0.29, 0.717) is 18.2 Å². The fourth-order valence-electron chi connectivity index (χ4n) is 4.22. The molecule has 8 nitrogen and oxygen atoms in total. The molecule has 0 aliphatic carbocycles. The van der Waals surface area contributed by atoms with E-state index < -0.39 is 0 Å². The molecular weight excluding hydrogens is 332 g/mol. The Bertz CT molecular complexity index is 882. The van der Waals surface area contributed by atoms with Crippen molar-refractivity contribution in [1.82, 2.24) is 29.8 Å². The van der Waals surface area contributed by atoms with Crippen molar-refractivity contribution in [3.63, 3.8) is 0 Å². The monoisotopic (exact) mass is 356 g/mol. The number of piperidine rings is 1. The smallest absolute Gasteiger partial charge is 0.271 e. The lowest BCUT2D eigenvalue weighted by molar-refractivity contribution is -0.144. The van der Waals surface area contributed by atoms with Crippen molar-refractivity contribution >= 4 is 11.8 Å². The van der Waals surface area contributed by atoms with E-state index in [1.807, 2.05) is 35.4 Å². The van der Waals surface area contributed by atoms with Crippen molar-refractivity contribution in [1.29, 1.82) is 0 Å². The third-order valence-electron chi connectivity index (χ3n) is 5.82. The van der Waals surface area contributed by atoms with E-state index in [1.54, 1.807) is 13.0 Å². The van der Waals surface area contributed by atoms with Gasteiger partial charge in [-0.25, -0.2) is 0 Å². The number of aromatic nitrogens is 4. The van der Waals surface area contributed by atoms with Crippen LogP contribution in [0.5, 0.6) is 0 Å². The largest absolute Gasteiger partial charge is 0.337 e. The Kier molecular flexibility index (Phi) is 3.86. The maximum absolute atomic E-state index is 12.9. The van der Waals surface area contributed by atoms with Gasteiger partial charge < -0.3 is 9.80 Å². The van der Waals surface area contributed by atoms with Crippen LogP contribution in [0.25, 0.3) is 11.3 Å².